The van der Waals surface area contributed by atoms with Gasteiger partial charge >= 0.3 is 0 Å². The van der Waals surface area contributed by atoms with Gasteiger partial charge in [-0.15, -0.1) is 0 Å². The number of rotatable bonds is 3. The van der Waals surface area contributed by atoms with E-state index in [-0.39, 0.29) is 6.04 Å². The third-order valence-electron chi connectivity index (χ3n) is 3.83. The monoisotopic (exact) mass is 284 g/mol. The summed E-state index contributed by atoms with van der Waals surface area (Å²) in [4.78, 5) is 0. The van der Waals surface area contributed by atoms with Crippen molar-refractivity contribution in [1.82, 2.24) is 15.1 Å². The quantitative estimate of drug-likeness (QED) is 0.818. The van der Waals surface area contributed by atoms with Crippen LogP contribution in [0.4, 0.5) is 5.82 Å². The maximum Gasteiger partial charge on any atom is 0.151 e. The van der Waals surface area contributed by atoms with Gasteiger partial charge in [-0.2, -0.15) is 5.10 Å². The van der Waals surface area contributed by atoms with Crippen LogP contribution in [0.15, 0.2) is 6.07 Å². The summed E-state index contributed by atoms with van der Waals surface area (Å²) in [5.41, 5.74) is 1.03. The molecule has 7 heteroatoms. The van der Waals surface area contributed by atoms with Crippen LogP contribution in [-0.4, -0.2) is 48.8 Å². The van der Waals surface area contributed by atoms with Crippen LogP contribution >= 0.6 is 0 Å². The zero-order valence-corrected chi connectivity index (χ0v) is 11.9. The molecule has 19 heavy (non-hydrogen) atoms. The van der Waals surface area contributed by atoms with Crippen molar-refractivity contribution in [3.05, 3.63) is 11.8 Å². The van der Waals surface area contributed by atoms with Crippen molar-refractivity contribution in [2.24, 2.45) is 5.92 Å². The van der Waals surface area contributed by atoms with E-state index in [1.807, 2.05) is 17.7 Å². The Bertz CT molecular complexity index is 566. The third-order valence-corrected chi connectivity index (χ3v) is 5.60. The van der Waals surface area contributed by atoms with E-state index in [0.717, 1.165) is 37.6 Å². The summed E-state index contributed by atoms with van der Waals surface area (Å²) in [6.45, 7) is 4.63. The van der Waals surface area contributed by atoms with Gasteiger partial charge in [0.05, 0.1) is 17.2 Å². The van der Waals surface area contributed by atoms with Crippen LogP contribution in [0.25, 0.3) is 0 Å². The van der Waals surface area contributed by atoms with Gasteiger partial charge in [-0.3, -0.25) is 0 Å². The fourth-order valence-corrected chi connectivity index (χ4v) is 4.52. The molecule has 2 aliphatic rings. The van der Waals surface area contributed by atoms with Crippen molar-refractivity contribution in [1.29, 1.82) is 0 Å². The maximum absolute atomic E-state index is 11.4. The first kappa shape index (κ1) is 12.9. The Kier molecular flexibility index (Phi) is 3.26. The molecule has 0 amide bonds. The van der Waals surface area contributed by atoms with E-state index in [4.69, 9.17) is 0 Å². The average molecular weight is 284 g/mol. The molecule has 3 heterocycles. The molecule has 0 bridgehead atoms. The van der Waals surface area contributed by atoms with Gasteiger partial charge in [0.15, 0.2) is 9.84 Å². The predicted octanol–water partition coefficient (Wildman–Crippen LogP) is 0.00992. The Morgan fingerprint density at radius 3 is 3.16 bits per heavy atom. The number of aryl methyl sites for hydroxylation is 1. The van der Waals surface area contributed by atoms with Crippen LogP contribution in [-0.2, 0) is 16.4 Å². The van der Waals surface area contributed by atoms with Crippen molar-refractivity contribution < 1.29 is 8.42 Å². The summed E-state index contributed by atoms with van der Waals surface area (Å²) in [6.07, 6.45) is 0.745. The Hall–Kier alpha value is -1.08. The number of nitrogens with zero attached hydrogens (tertiary/aromatic N) is 2. The lowest BCUT2D eigenvalue weighted by molar-refractivity contribution is 0.375. The normalized spacial score (nSPS) is 28.9. The highest BCUT2D eigenvalue weighted by atomic mass is 32.2. The minimum absolute atomic E-state index is 0.130. The molecule has 106 valence electrons. The van der Waals surface area contributed by atoms with Gasteiger partial charge in [0, 0.05) is 37.7 Å². The van der Waals surface area contributed by atoms with Crippen LogP contribution in [0.5, 0.6) is 0 Å². The summed E-state index contributed by atoms with van der Waals surface area (Å²) in [5, 5.41) is 11.2. The largest absolute Gasteiger partial charge is 0.370 e. The molecule has 0 aliphatic carbocycles. The van der Waals surface area contributed by atoms with Crippen molar-refractivity contribution in [3.8, 4) is 0 Å². The Morgan fingerprint density at radius 1 is 1.58 bits per heavy atom. The standard InChI is InChI=1S/C12H20N4O2S/c1-9-4-12-14-6-10(7-16(12)15-9)5-13-11-2-3-19(17,18)8-11/h4,10-11,13-14H,2-3,5-8H2,1H3. The SMILES string of the molecule is Cc1cc2n(n1)CC(CNC1CCS(=O)(=O)C1)CN2. The zero-order chi connectivity index (χ0) is 13.5. The van der Waals surface area contributed by atoms with Crippen LogP contribution in [0.3, 0.4) is 0 Å². The second-order valence-electron chi connectivity index (χ2n) is 5.61. The van der Waals surface area contributed by atoms with E-state index in [1.165, 1.54) is 0 Å². The molecular formula is C12H20N4O2S. The molecule has 0 saturated carbocycles. The second kappa shape index (κ2) is 4.79. The summed E-state index contributed by atoms with van der Waals surface area (Å²) in [5.74, 6) is 2.15. The first-order valence-corrected chi connectivity index (χ1v) is 8.56. The highest BCUT2D eigenvalue weighted by molar-refractivity contribution is 7.91. The number of anilines is 1. The molecule has 2 unspecified atom stereocenters. The van der Waals surface area contributed by atoms with Gasteiger partial charge in [-0.05, 0) is 13.3 Å². The van der Waals surface area contributed by atoms with Crippen molar-refractivity contribution in [2.45, 2.75) is 25.9 Å². The van der Waals surface area contributed by atoms with Gasteiger partial charge < -0.3 is 10.6 Å². The maximum atomic E-state index is 11.4. The van der Waals surface area contributed by atoms with Crippen LogP contribution in [0.1, 0.15) is 12.1 Å². The second-order valence-corrected chi connectivity index (χ2v) is 7.84. The van der Waals surface area contributed by atoms with Gasteiger partial charge in [0.1, 0.15) is 5.82 Å². The van der Waals surface area contributed by atoms with Crippen molar-refractivity contribution >= 4 is 15.7 Å². The van der Waals surface area contributed by atoms with Gasteiger partial charge in [-0.25, -0.2) is 13.1 Å². The Balaban J connectivity index is 1.53. The van der Waals surface area contributed by atoms with Crippen molar-refractivity contribution in [3.63, 3.8) is 0 Å². The van der Waals surface area contributed by atoms with Crippen LogP contribution < -0.4 is 10.6 Å². The highest BCUT2D eigenvalue weighted by Crippen LogP contribution is 2.18. The zero-order valence-electron chi connectivity index (χ0n) is 11.1. The molecule has 1 aromatic heterocycles. The summed E-state index contributed by atoms with van der Waals surface area (Å²) in [6, 6.07) is 2.18. The van der Waals surface area contributed by atoms with E-state index in [9.17, 15) is 8.42 Å². The third kappa shape index (κ3) is 2.92. The van der Waals surface area contributed by atoms with Gasteiger partial charge in [-0.1, -0.05) is 0 Å². The average Bonchev–Trinajstić information content (AvgIpc) is 2.87. The topological polar surface area (TPSA) is 76.0 Å². The molecule has 2 N–H and O–H groups in total. The molecule has 3 rings (SSSR count). The number of nitrogens with one attached hydrogen (secondary N) is 2. The fourth-order valence-electron chi connectivity index (χ4n) is 2.81. The van der Waals surface area contributed by atoms with E-state index in [2.05, 4.69) is 15.7 Å². The summed E-state index contributed by atoms with van der Waals surface area (Å²) >= 11 is 0. The first-order chi connectivity index (χ1) is 9.02. The summed E-state index contributed by atoms with van der Waals surface area (Å²) in [7, 11) is -2.79. The molecule has 2 aliphatic heterocycles. The molecule has 1 aromatic rings. The fraction of sp³-hybridized carbons (Fsp3) is 0.750. The molecule has 0 spiro atoms. The minimum atomic E-state index is -2.79. The van der Waals surface area contributed by atoms with E-state index >= 15 is 0 Å². The number of aromatic nitrogens is 2. The molecular weight excluding hydrogens is 264 g/mol. The van der Waals surface area contributed by atoms with Crippen LogP contribution in [0.2, 0.25) is 0 Å². The van der Waals surface area contributed by atoms with Crippen LogP contribution in [0, 0.1) is 12.8 Å². The number of hydrogen-bond donors (Lipinski definition) is 2. The van der Waals surface area contributed by atoms with Gasteiger partial charge in [0.2, 0.25) is 0 Å². The van der Waals surface area contributed by atoms with Crippen molar-refractivity contribution in [2.75, 3.05) is 29.9 Å². The van der Waals surface area contributed by atoms with E-state index in [0.29, 0.717) is 17.4 Å². The Morgan fingerprint density at radius 2 is 2.42 bits per heavy atom. The number of fused-ring (bicyclic) bond motifs is 1. The lowest BCUT2D eigenvalue weighted by Gasteiger charge is -2.26. The number of sulfone groups is 1. The molecule has 1 saturated heterocycles. The molecule has 6 nitrogen and oxygen atoms in total. The lowest BCUT2D eigenvalue weighted by atomic mass is 10.1. The predicted molar refractivity (Wildman–Crippen MR) is 74.0 cm³/mol. The molecule has 1 fully saturated rings. The smallest absolute Gasteiger partial charge is 0.151 e. The number of hydrogen-bond acceptors (Lipinski definition) is 5. The molecule has 2 atom stereocenters. The van der Waals surface area contributed by atoms with Gasteiger partial charge in [0.25, 0.3) is 0 Å². The summed E-state index contributed by atoms with van der Waals surface area (Å²) < 4.78 is 24.8. The lowest BCUT2D eigenvalue weighted by Crippen LogP contribution is -2.40. The van der Waals surface area contributed by atoms with E-state index < -0.39 is 9.84 Å². The molecule has 0 radical (unpaired) electrons. The molecule has 0 aromatic carbocycles. The minimum Gasteiger partial charge on any atom is -0.370 e. The highest BCUT2D eigenvalue weighted by Gasteiger charge is 2.28. The van der Waals surface area contributed by atoms with E-state index in [1.54, 1.807) is 0 Å². The Labute approximate surface area is 113 Å². The first-order valence-electron chi connectivity index (χ1n) is 6.74.